The predicted molar refractivity (Wildman–Crippen MR) is 99.6 cm³/mol. The Balaban J connectivity index is 1.82. The SMILES string of the molecule is CC(C)c1ccc(Nc2cc(F)ccc2N2CCC(N)CC2)cc1. The molecule has 0 unspecified atom stereocenters. The lowest BCUT2D eigenvalue weighted by atomic mass is 10.0. The lowest BCUT2D eigenvalue weighted by molar-refractivity contribution is 0.501. The van der Waals surface area contributed by atoms with E-state index in [1.807, 2.05) is 6.07 Å². The second kappa shape index (κ2) is 7.22. The van der Waals surface area contributed by atoms with Crippen molar-refractivity contribution < 1.29 is 4.39 Å². The molecular formula is C20H26FN3. The third-order valence-corrected chi connectivity index (χ3v) is 4.70. The van der Waals surface area contributed by atoms with Gasteiger partial charge in [-0.05, 0) is 54.7 Å². The Morgan fingerprint density at radius 3 is 2.38 bits per heavy atom. The highest BCUT2D eigenvalue weighted by atomic mass is 19.1. The van der Waals surface area contributed by atoms with E-state index in [0.29, 0.717) is 5.92 Å². The maximum Gasteiger partial charge on any atom is 0.125 e. The summed E-state index contributed by atoms with van der Waals surface area (Å²) >= 11 is 0. The Labute approximate surface area is 143 Å². The molecule has 1 saturated heterocycles. The molecule has 0 aromatic heterocycles. The number of anilines is 3. The Bertz CT molecular complexity index is 674. The number of rotatable bonds is 4. The summed E-state index contributed by atoms with van der Waals surface area (Å²) in [5, 5.41) is 3.38. The molecule has 128 valence electrons. The van der Waals surface area contributed by atoms with Crippen molar-refractivity contribution in [1.82, 2.24) is 0 Å². The van der Waals surface area contributed by atoms with E-state index >= 15 is 0 Å². The first-order chi connectivity index (χ1) is 11.5. The number of nitrogens with two attached hydrogens (primary N) is 1. The van der Waals surface area contributed by atoms with Crippen LogP contribution in [0.1, 0.15) is 38.2 Å². The van der Waals surface area contributed by atoms with Gasteiger partial charge in [-0.25, -0.2) is 4.39 Å². The van der Waals surface area contributed by atoms with Crippen LogP contribution in [0, 0.1) is 5.82 Å². The van der Waals surface area contributed by atoms with E-state index in [1.165, 1.54) is 11.6 Å². The van der Waals surface area contributed by atoms with Crippen LogP contribution < -0.4 is 16.0 Å². The van der Waals surface area contributed by atoms with E-state index in [4.69, 9.17) is 5.73 Å². The summed E-state index contributed by atoms with van der Waals surface area (Å²) in [7, 11) is 0. The van der Waals surface area contributed by atoms with Gasteiger partial charge in [0.05, 0.1) is 11.4 Å². The normalized spacial score (nSPS) is 15.8. The van der Waals surface area contributed by atoms with Crippen molar-refractivity contribution in [2.75, 3.05) is 23.3 Å². The zero-order valence-corrected chi connectivity index (χ0v) is 14.4. The Morgan fingerprint density at radius 1 is 1.08 bits per heavy atom. The molecule has 24 heavy (non-hydrogen) atoms. The van der Waals surface area contributed by atoms with Crippen LogP contribution in [-0.4, -0.2) is 19.1 Å². The highest BCUT2D eigenvalue weighted by Gasteiger charge is 2.19. The maximum atomic E-state index is 13.8. The van der Waals surface area contributed by atoms with Gasteiger partial charge in [0.1, 0.15) is 5.82 Å². The molecule has 4 heteroatoms. The number of nitrogens with one attached hydrogen (secondary N) is 1. The topological polar surface area (TPSA) is 41.3 Å². The third kappa shape index (κ3) is 3.88. The molecule has 0 spiro atoms. The van der Waals surface area contributed by atoms with Gasteiger partial charge in [0.2, 0.25) is 0 Å². The summed E-state index contributed by atoms with van der Waals surface area (Å²) in [5.74, 6) is 0.273. The second-order valence-corrected chi connectivity index (χ2v) is 6.89. The number of halogens is 1. The average Bonchev–Trinajstić information content (AvgIpc) is 2.57. The van der Waals surface area contributed by atoms with Crippen LogP contribution in [0.25, 0.3) is 0 Å². The smallest absolute Gasteiger partial charge is 0.125 e. The summed E-state index contributed by atoms with van der Waals surface area (Å²) in [6, 6.07) is 13.6. The molecule has 0 atom stereocenters. The zero-order chi connectivity index (χ0) is 17.1. The van der Waals surface area contributed by atoms with Crippen molar-refractivity contribution in [1.29, 1.82) is 0 Å². The van der Waals surface area contributed by atoms with E-state index in [-0.39, 0.29) is 11.9 Å². The molecule has 1 aliphatic heterocycles. The molecule has 1 fully saturated rings. The minimum Gasteiger partial charge on any atom is -0.370 e. The first-order valence-corrected chi connectivity index (χ1v) is 8.70. The van der Waals surface area contributed by atoms with Crippen LogP contribution in [-0.2, 0) is 0 Å². The van der Waals surface area contributed by atoms with Gasteiger partial charge in [0.25, 0.3) is 0 Å². The van der Waals surface area contributed by atoms with Crippen molar-refractivity contribution in [3.05, 3.63) is 53.8 Å². The molecule has 3 rings (SSSR count). The van der Waals surface area contributed by atoms with Crippen molar-refractivity contribution in [3.8, 4) is 0 Å². The zero-order valence-electron chi connectivity index (χ0n) is 14.4. The van der Waals surface area contributed by atoms with Crippen molar-refractivity contribution >= 4 is 17.1 Å². The summed E-state index contributed by atoms with van der Waals surface area (Å²) in [4.78, 5) is 2.29. The molecule has 3 nitrogen and oxygen atoms in total. The van der Waals surface area contributed by atoms with E-state index in [0.717, 1.165) is 43.0 Å². The molecule has 1 aliphatic rings. The Morgan fingerprint density at radius 2 is 1.75 bits per heavy atom. The monoisotopic (exact) mass is 327 g/mol. The molecule has 0 aliphatic carbocycles. The lowest BCUT2D eigenvalue weighted by Crippen LogP contribution is -2.39. The van der Waals surface area contributed by atoms with Crippen molar-refractivity contribution in [2.45, 2.75) is 38.6 Å². The van der Waals surface area contributed by atoms with Crippen molar-refractivity contribution in [3.63, 3.8) is 0 Å². The van der Waals surface area contributed by atoms with E-state index in [2.05, 4.69) is 48.3 Å². The van der Waals surface area contributed by atoms with Gasteiger partial charge in [0, 0.05) is 24.8 Å². The fourth-order valence-electron chi connectivity index (χ4n) is 3.13. The van der Waals surface area contributed by atoms with Crippen molar-refractivity contribution in [2.24, 2.45) is 5.73 Å². The number of benzene rings is 2. The number of hydrogen-bond donors (Lipinski definition) is 2. The molecule has 1 heterocycles. The first-order valence-electron chi connectivity index (χ1n) is 8.70. The van der Waals surface area contributed by atoms with E-state index in [9.17, 15) is 4.39 Å². The number of piperidine rings is 1. The molecule has 0 saturated carbocycles. The summed E-state index contributed by atoms with van der Waals surface area (Å²) in [6.07, 6.45) is 1.94. The highest BCUT2D eigenvalue weighted by molar-refractivity contribution is 5.75. The molecular weight excluding hydrogens is 301 g/mol. The standard InChI is InChI=1S/C20H26FN3/c1-14(2)15-3-6-18(7-4-15)23-19-13-16(21)5-8-20(19)24-11-9-17(22)10-12-24/h3-8,13-14,17,23H,9-12,22H2,1-2H3. The number of nitrogens with zero attached hydrogens (tertiary/aromatic N) is 1. The molecule has 3 N–H and O–H groups in total. The summed E-state index contributed by atoms with van der Waals surface area (Å²) in [6.45, 7) is 6.17. The van der Waals surface area contributed by atoms with Gasteiger partial charge >= 0.3 is 0 Å². The maximum absolute atomic E-state index is 13.8. The van der Waals surface area contributed by atoms with Gasteiger partial charge in [-0.1, -0.05) is 26.0 Å². The molecule has 2 aromatic rings. The van der Waals surface area contributed by atoms with E-state index in [1.54, 1.807) is 6.07 Å². The molecule has 0 bridgehead atoms. The van der Waals surface area contributed by atoms with E-state index < -0.39 is 0 Å². The minimum atomic E-state index is -0.228. The van der Waals surface area contributed by atoms with Crippen LogP contribution in [0.2, 0.25) is 0 Å². The van der Waals surface area contributed by atoms with Crippen LogP contribution in [0.5, 0.6) is 0 Å². The average molecular weight is 327 g/mol. The second-order valence-electron chi connectivity index (χ2n) is 6.89. The highest BCUT2D eigenvalue weighted by Crippen LogP contribution is 2.32. The number of hydrogen-bond acceptors (Lipinski definition) is 3. The summed E-state index contributed by atoms with van der Waals surface area (Å²) < 4.78 is 13.8. The lowest BCUT2D eigenvalue weighted by Gasteiger charge is -2.33. The van der Waals surface area contributed by atoms with Crippen LogP contribution >= 0.6 is 0 Å². The summed E-state index contributed by atoms with van der Waals surface area (Å²) in [5.41, 5.74) is 10.1. The largest absolute Gasteiger partial charge is 0.370 e. The first kappa shape index (κ1) is 16.8. The Hall–Kier alpha value is -2.07. The fourth-order valence-corrected chi connectivity index (χ4v) is 3.13. The van der Waals surface area contributed by atoms with Gasteiger partial charge in [-0.2, -0.15) is 0 Å². The van der Waals surface area contributed by atoms with Gasteiger partial charge in [-0.3, -0.25) is 0 Å². The third-order valence-electron chi connectivity index (χ3n) is 4.70. The molecule has 0 amide bonds. The quantitative estimate of drug-likeness (QED) is 0.861. The minimum absolute atomic E-state index is 0.228. The molecule has 0 radical (unpaired) electrons. The molecule has 2 aromatic carbocycles. The van der Waals surface area contributed by atoms with Crippen LogP contribution in [0.4, 0.5) is 21.5 Å². The fraction of sp³-hybridized carbons (Fsp3) is 0.400. The Kier molecular flexibility index (Phi) is 5.05. The van der Waals surface area contributed by atoms with Gasteiger partial charge in [-0.15, -0.1) is 0 Å². The van der Waals surface area contributed by atoms with Gasteiger partial charge < -0.3 is 16.0 Å². The van der Waals surface area contributed by atoms with Crippen LogP contribution in [0.15, 0.2) is 42.5 Å². The van der Waals surface area contributed by atoms with Crippen LogP contribution in [0.3, 0.4) is 0 Å². The predicted octanol–water partition coefficient (Wildman–Crippen LogP) is 4.62. The van der Waals surface area contributed by atoms with Gasteiger partial charge in [0.15, 0.2) is 0 Å².